The summed E-state index contributed by atoms with van der Waals surface area (Å²) in [5.74, 6) is 0.589. The van der Waals surface area contributed by atoms with Crippen molar-refractivity contribution in [3.8, 4) is 5.75 Å². The van der Waals surface area contributed by atoms with E-state index in [-0.39, 0.29) is 24.4 Å². The maximum atomic E-state index is 13.6. The van der Waals surface area contributed by atoms with E-state index in [9.17, 15) is 9.18 Å². The second kappa shape index (κ2) is 7.08. The molecule has 0 aromatic heterocycles. The Hall–Kier alpha value is -2.40. The number of ether oxygens (including phenoxy) is 1. The van der Waals surface area contributed by atoms with E-state index in [0.717, 1.165) is 37.8 Å². The number of amides is 1. The fourth-order valence-corrected chi connectivity index (χ4v) is 3.94. The third-order valence-electron chi connectivity index (χ3n) is 5.45. The van der Waals surface area contributed by atoms with Crippen LogP contribution in [0.5, 0.6) is 5.75 Å². The lowest BCUT2D eigenvalue weighted by atomic mass is 9.88. The van der Waals surface area contributed by atoms with Crippen LogP contribution in [0.15, 0.2) is 48.5 Å². The van der Waals surface area contributed by atoms with Gasteiger partial charge in [-0.25, -0.2) is 4.39 Å². The van der Waals surface area contributed by atoms with Crippen LogP contribution in [0, 0.1) is 5.82 Å². The van der Waals surface area contributed by atoms with E-state index in [1.165, 1.54) is 6.07 Å². The number of piperidine rings is 1. The van der Waals surface area contributed by atoms with Gasteiger partial charge < -0.3 is 10.1 Å². The fourth-order valence-electron chi connectivity index (χ4n) is 3.94. The number of carbonyl (C=O) groups is 1. The van der Waals surface area contributed by atoms with E-state index in [1.54, 1.807) is 18.2 Å². The predicted molar refractivity (Wildman–Crippen MR) is 97.3 cm³/mol. The highest BCUT2D eigenvalue weighted by atomic mass is 19.1. The molecule has 26 heavy (non-hydrogen) atoms. The minimum absolute atomic E-state index is 0.135. The van der Waals surface area contributed by atoms with Crippen LogP contribution in [0.1, 0.15) is 42.9 Å². The van der Waals surface area contributed by atoms with Crippen LogP contribution in [0.4, 0.5) is 4.39 Å². The van der Waals surface area contributed by atoms with Gasteiger partial charge in [0.1, 0.15) is 18.2 Å². The first kappa shape index (κ1) is 17.0. The average molecular weight is 354 g/mol. The molecule has 2 aromatic rings. The minimum Gasteiger partial charge on any atom is -0.489 e. The highest BCUT2D eigenvalue weighted by Crippen LogP contribution is 2.37. The summed E-state index contributed by atoms with van der Waals surface area (Å²) >= 11 is 0. The highest BCUT2D eigenvalue weighted by Gasteiger charge is 2.45. The molecule has 2 aromatic carbocycles. The molecule has 2 saturated heterocycles. The molecular weight excluding hydrogens is 331 g/mol. The molecule has 0 aliphatic carbocycles. The predicted octanol–water partition coefficient (Wildman–Crippen LogP) is 3.48. The Morgan fingerprint density at radius 3 is 2.69 bits per heavy atom. The third-order valence-corrected chi connectivity index (χ3v) is 5.45. The van der Waals surface area contributed by atoms with Gasteiger partial charge in [-0.1, -0.05) is 30.3 Å². The minimum atomic E-state index is -0.400. The summed E-state index contributed by atoms with van der Waals surface area (Å²) in [5, 5.41) is 6.54. The molecule has 0 radical (unpaired) electrons. The normalized spacial score (nSPS) is 25.3. The zero-order valence-corrected chi connectivity index (χ0v) is 14.6. The number of carbonyl (C=O) groups excluding carboxylic acids is 1. The fraction of sp³-hybridized carbons (Fsp3) is 0.381. The number of benzene rings is 2. The third kappa shape index (κ3) is 3.31. The number of nitrogens with one attached hydrogen (secondary N) is 2. The van der Waals surface area contributed by atoms with Gasteiger partial charge in [-0.05, 0) is 49.4 Å². The van der Waals surface area contributed by atoms with Crippen molar-refractivity contribution in [3.05, 3.63) is 65.5 Å². The average Bonchev–Trinajstić information content (AvgIpc) is 3.09. The first-order valence-electron chi connectivity index (χ1n) is 9.18. The smallest absolute Gasteiger partial charge is 0.240 e. The molecule has 0 unspecified atom stereocenters. The Balaban J connectivity index is 1.39. The van der Waals surface area contributed by atoms with Gasteiger partial charge >= 0.3 is 0 Å². The van der Waals surface area contributed by atoms with Crippen molar-refractivity contribution in [2.75, 3.05) is 6.54 Å². The van der Waals surface area contributed by atoms with Crippen molar-refractivity contribution < 1.29 is 13.9 Å². The van der Waals surface area contributed by atoms with Gasteiger partial charge in [-0.15, -0.1) is 0 Å². The van der Waals surface area contributed by atoms with Crippen LogP contribution >= 0.6 is 0 Å². The molecule has 4 rings (SSSR count). The van der Waals surface area contributed by atoms with Crippen LogP contribution in [0.2, 0.25) is 0 Å². The van der Waals surface area contributed by atoms with Crippen molar-refractivity contribution in [3.63, 3.8) is 0 Å². The van der Waals surface area contributed by atoms with E-state index in [4.69, 9.17) is 4.74 Å². The summed E-state index contributed by atoms with van der Waals surface area (Å²) in [5.41, 5.74) is 1.29. The molecule has 1 spiro atoms. The first-order chi connectivity index (χ1) is 12.7. The zero-order valence-electron chi connectivity index (χ0n) is 14.6. The first-order valence-corrected chi connectivity index (χ1v) is 9.18. The van der Waals surface area contributed by atoms with Crippen molar-refractivity contribution in [2.45, 2.75) is 43.9 Å². The van der Waals surface area contributed by atoms with Crippen molar-refractivity contribution in [1.29, 1.82) is 0 Å². The Bertz CT molecular complexity index is 793. The molecule has 2 aliphatic heterocycles. The summed E-state index contributed by atoms with van der Waals surface area (Å²) in [6.07, 6.45) is 3.74. The molecule has 0 saturated carbocycles. The van der Waals surface area contributed by atoms with Crippen LogP contribution in [0.25, 0.3) is 0 Å². The van der Waals surface area contributed by atoms with Gasteiger partial charge in [-0.2, -0.15) is 0 Å². The molecule has 2 heterocycles. The molecule has 2 N–H and O–H groups in total. The lowest BCUT2D eigenvalue weighted by molar-refractivity contribution is -0.129. The van der Waals surface area contributed by atoms with Crippen LogP contribution in [0.3, 0.4) is 0 Å². The summed E-state index contributed by atoms with van der Waals surface area (Å²) in [7, 11) is 0. The summed E-state index contributed by atoms with van der Waals surface area (Å²) < 4.78 is 19.3. The number of halogens is 1. The van der Waals surface area contributed by atoms with E-state index in [0.29, 0.717) is 11.3 Å². The Morgan fingerprint density at radius 1 is 1.12 bits per heavy atom. The maximum Gasteiger partial charge on any atom is 0.240 e. The SMILES string of the molecule is O=C1NCCC[C@]12CC[C@H](c1ccc(OCc3ccccc3F)cc1)N2. The monoisotopic (exact) mass is 354 g/mol. The van der Waals surface area contributed by atoms with Crippen LogP contribution in [-0.2, 0) is 11.4 Å². The Morgan fingerprint density at radius 2 is 1.92 bits per heavy atom. The quantitative estimate of drug-likeness (QED) is 0.884. The molecule has 1 amide bonds. The summed E-state index contributed by atoms with van der Waals surface area (Å²) in [4.78, 5) is 12.3. The Labute approximate surface area is 152 Å². The van der Waals surface area contributed by atoms with Crippen molar-refractivity contribution in [1.82, 2.24) is 10.6 Å². The summed E-state index contributed by atoms with van der Waals surface area (Å²) in [6, 6.07) is 14.7. The lowest BCUT2D eigenvalue weighted by Crippen LogP contribution is -2.57. The molecule has 4 nitrogen and oxygen atoms in total. The molecule has 0 bridgehead atoms. The molecule has 2 atom stereocenters. The molecule has 2 fully saturated rings. The van der Waals surface area contributed by atoms with E-state index in [2.05, 4.69) is 10.6 Å². The number of rotatable bonds is 4. The van der Waals surface area contributed by atoms with Gasteiger partial charge in [-0.3, -0.25) is 10.1 Å². The highest BCUT2D eigenvalue weighted by molar-refractivity contribution is 5.87. The lowest BCUT2D eigenvalue weighted by Gasteiger charge is -2.33. The van der Waals surface area contributed by atoms with Gasteiger partial charge in [0.15, 0.2) is 0 Å². The molecule has 136 valence electrons. The summed E-state index contributed by atoms with van der Waals surface area (Å²) in [6.45, 7) is 0.984. The zero-order chi connectivity index (χ0) is 18.0. The molecular formula is C21H23FN2O2. The van der Waals surface area contributed by atoms with Gasteiger partial charge in [0.2, 0.25) is 5.91 Å². The molecule has 2 aliphatic rings. The van der Waals surface area contributed by atoms with Crippen LogP contribution in [-0.4, -0.2) is 18.0 Å². The van der Waals surface area contributed by atoms with Gasteiger partial charge in [0.05, 0.1) is 5.54 Å². The Kier molecular flexibility index (Phi) is 4.64. The van der Waals surface area contributed by atoms with E-state index in [1.807, 2.05) is 24.3 Å². The van der Waals surface area contributed by atoms with Crippen LogP contribution < -0.4 is 15.4 Å². The number of hydrogen-bond acceptors (Lipinski definition) is 3. The largest absolute Gasteiger partial charge is 0.489 e. The van der Waals surface area contributed by atoms with Gasteiger partial charge in [0.25, 0.3) is 0 Å². The molecule has 5 heteroatoms. The van der Waals surface area contributed by atoms with Crippen molar-refractivity contribution in [2.24, 2.45) is 0 Å². The maximum absolute atomic E-state index is 13.6. The second-order valence-electron chi connectivity index (χ2n) is 7.13. The standard InChI is InChI=1S/C21H23FN2O2/c22-18-5-2-1-4-16(18)14-26-17-8-6-15(7-9-17)19-10-12-21(24-19)11-3-13-23-20(21)25/h1-2,4-9,19,24H,3,10-14H2,(H,23,25)/t19-,21+/m1/s1. The topological polar surface area (TPSA) is 50.4 Å². The van der Waals surface area contributed by atoms with E-state index < -0.39 is 5.54 Å². The van der Waals surface area contributed by atoms with Gasteiger partial charge in [0, 0.05) is 18.2 Å². The number of hydrogen-bond donors (Lipinski definition) is 2. The van der Waals surface area contributed by atoms with Crippen molar-refractivity contribution >= 4 is 5.91 Å². The van der Waals surface area contributed by atoms with E-state index >= 15 is 0 Å². The second-order valence-corrected chi connectivity index (χ2v) is 7.13.